The van der Waals surface area contributed by atoms with Gasteiger partial charge >= 0.3 is 17.9 Å². The zero-order chi connectivity index (χ0) is 47.2. The fourth-order valence-corrected chi connectivity index (χ4v) is 7.22. The van der Waals surface area contributed by atoms with Crippen LogP contribution < -0.4 is 0 Å². The minimum Gasteiger partial charge on any atom is -0.462 e. The molecule has 65 heavy (non-hydrogen) atoms. The van der Waals surface area contributed by atoms with Gasteiger partial charge in [0.2, 0.25) is 0 Å². The molecule has 0 saturated carbocycles. The first-order valence-corrected chi connectivity index (χ1v) is 27.1. The molecule has 0 aliphatic heterocycles. The summed E-state index contributed by atoms with van der Waals surface area (Å²) < 4.78 is 16.7. The van der Waals surface area contributed by atoms with Crippen molar-refractivity contribution < 1.29 is 28.6 Å². The molecule has 0 aromatic rings. The number of allylic oxidation sites excluding steroid dienone is 14. The van der Waals surface area contributed by atoms with Crippen LogP contribution in [0.1, 0.15) is 252 Å². The molecule has 6 heteroatoms. The minimum absolute atomic E-state index is 0.105. The van der Waals surface area contributed by atoms with Crippen LogP contribution >= 0.6 is 0 Å². The zero-order valence-corrected chi connectivity index (χ0v) is 42.5. The maximum Gasteiger partial charge on any atom is 0.306 e. The molecule has 0 rings (SSSR count). The number of unbranched alkanes of at least 4 members (excludes halogenated alkanes) is 23. The van der Waals surface area contributed by atoms with Crippen LogP contribution in [0.3, 0.4) is 0 Å². The fraction of sp³-hybridized carbons (Fsp3) is 0.712. The van der Waals surface area contributed by atoms with Gasteiger partial charge in [0, 0.05) is 19.3 Å². The lowest BCUT2D eigenvalue weighted by Gasteiger charge is -2.18. The molecule has 0 unspecified atom stereocenters. The highest BCUT2D eigenvalue weighted by Gasteiger charge is 2.19. The second-order valence-electron chi connectivity index (χ2n) is 17.8. The molecule has 0 spiro atoms. The van der Waals surface area contributed by atoms with E-state index >= 15 is 0 Å². The Hall–Kier alpha value is -3.41. The van der Waals surface area contributed by atoms with Crippen LogP contribution in [0.15, 0.2) is 85.1 Å². The Labute approximate surface area is 401 Å². The number of hydrogen-bond donors (Lipinski definition) is 0. The minimum atomic E-state index is -0.812. The van der Waals surface area contributed by atoms with Gasteiger partial charge in [0.05, 0.1) is 0 Å². The summed E-state index contributed by atoms with van der Waals surface area (Å²) in [5.41, 5.74) is 0. The second-order valence-corrected chi connectivity index (χ2v) is 17.8. The Bertz CT molecular complexity index is 1270. The first kappa shape index (κ1) is 61.6. The predicted octanol–water partition coefficient (Wildman–Crippen LogP) is 18.0. The average Bonchev–Trinajstić information content (AvgIpc) is 3.30. The smallest absolute Gasteiger partial charge is 0.306 e. The van der Waals surface area contributed by atoms with Crippen LogP contribution in [0.2, 0.25) is 0 Å². The van der Waals surface area contributed by atoms with E-state index in [1.807, 2.05) is 6.08 Å². The molecule has 0 saturated heterocycles. The van der Waals surface area contributed by atoms with Crippen molar-refractivity contribution in [2.24, 2.45) is 0 Å². The first-order chi connectivity index (χ1) is 32.0. The molecule has 0 aliphatic carbocycles. The standard InChI is InChI=1S/C59H100O6/c1-4-7-10-13-16-19-22-24-26-28-29-31-33-35-38-40-43-46-49-52-58(61)64-55-56(65-59(62)53-50-47-44-41-36-21-18-15-12-9-6-3)54-63-57(60)51-48-45-42-39-37-34-32-30-27-25-23-20-17-14-11-8-5-2/h15-16,18-19,24-27,29,31,35,38,43,46,56H,4-14,17,20-23,28,30,32-34,36-37,39-42,44-45,47-55H2,1-3H3/b18-15-,19-16-,26-24-,27-25-,31-29-,38-35-,46-43-/t56-/m0/s1. The number of esters is 3. The number of ether oxygens (including phenoxy) is 3. The van der Waals surface area contributed by atoms with Gasteiger partial charge in [0.15, 0.2) is 6.10 Å². The van der Waals surface area contributed by atoms with E-state index in [0.29, 0.717) is 19.3 Å². The highest BCUT2D eigenvalue weighted by atomic mass is 16.6. The molecular weight excluding hydrogens is 805 g/mol. The van der Waals surface area contributed by atoms with Crippen molar-refractivity contribution in [3.8, 4) is 0 Å². The molecule has 0 fully saturated rings. The average molecular weight is 905 g/mol. The van der Waals surface area contributed by atoms with Gasteiger partial charge < -0.3 is 14.2 Å². The fourth-order valence-electron chi connectivity index (χ4n) is 7.22. The third-order valence-corrected chi connectivity index (χ3v) is 11.4. The van der Waals surface area contributed by atoms with Crippen molar-refractivity contribution in [3.63, 3.8) is 0 Å². The summed E-state index contributed by atoms with van der Waals surface area (Å²) in [6.45, 7) is 6.49. The number of rotatable bonds is 48. The molecule has 1 atom stereocenters. The van der Waals surface area contributed by atoms with Gasteiger partial charge in [-0.05, 0) is 103 Å². The van der Waals surface area contributed by atoms with E-state index in [4.69, 9.17) is 14.2 Å². The van der Waals surface area contributed by atoms with Crippen LogP contribution in [-0.4, -0.2) is 37.2 Å². The SMILES string of the molecule is CCCC/C=C\CCCCCCCC(=O)O[C@H](COC(=O)CC/C=C\C/C=C\C/C=C\C/C=C\C/C=C\CCCCC)COC(=O)CCCCCCCCC/C=C\CCCCCCCC. The van der Waals surface area contributed by atoms with E-state index < -0.39 is 6.10 Å². The van der Waals surface area contributed by atoms with Crippen LogP contribution in [-0.2, 0) is 28.6 Å². The van der Waals surface area contributed by atoms with E-state index in [9.17, 15) is 14.4 Å². The normalized spacial score (nSPS) is 12.7. The third kappa shape index (κ3) is 51.4. The number of carbonyl (C=O) groups is 3. The van der Waals surface area contributed by atoms with Gasteiger partial charge in [0.25, 0.3) is 0 Å². The number of hydrogen-bond acceptors (Lipinski definition) is 6. The summed E-state index contributed by atoms with van der Waals surface area (Å²) in [6.07, 6.45) is 68.7. The molecule has 0 bridgehead atoms. The highest BCUT2D eigenvalue weighted by Crippen LogP contribution is 2.14. The van der Waals surface area contributed by atoms with Gasteiger partial charge in [-0.3, -0.25) is 14.4 Å². The maximum atomic E-state index is 12.8. The lowest BCUT2D eigenvalue weighted by atomic mass is 10.1. The lowest BCUT2D eigenvalue weighted by Crippen LogP contribution is -2.30. The monoisotopic (exact) mass is 905 g/mol. The highest BCUT2D eigenvalue weighted by molar-refractivity contribution is 5.71. The predicted molar refractivity (Wildman–Crippen MR) is 279 cm³/mol. The molecule has 0 aromatic carbocycles. The van der Waals surface area contributed by atoms with Crippen LogP contribution in [0.5, 0.6) is 0 Å². The first-order valence-electron chi connectivity index (χ1n) is 27.1. The van der Waals surface area contributed by atoms with Crippen molar-refractivity contribution in [2.45, 2.75) is 258 Å². The van der Waals surface area contributed by atoms with Gasteiger partial charge in [0.1, 0.15) is 13.2 Å². The molecule has 372 valence electrons. The molecule has 6 nitrogen and oxygen atoms in total. The van der Waals surface area contributed by atoms with Crippen molar-refractivity contribution in [1.82, 2.24) is 0 Å². The van der Waals surface area contributed by atoms with Crippen LogP contribution in [0, 0.1) is 0 Å². The van der Waals surface area contributed by atoms with E-state index in [1.165, 1.54) is 128 Å². The molecule has 0 heterocycles. The van der Waals surface area contributed by atoms with Crippen LogP contribution in [0.4, 0.5) is 0 Å². The molecule has 0 radical (unpaired) electrons. The molecule has 0 amide bonds. The van der Waals surface area contributed by atoms with Crippen molar-refractivity contribution in [1.29, 1.82) is 0 Å². The Morgan fingerprint density at radius 2 is 0.600 bits per heavy atom. The molecule has 0 aliphatic rings. The largest absolute Gasteiger partial charge is 0.462 e. The molecule has 0 N–H and O–H groups in total. The van der Waals surface area contributed by atoms with E-state index in [2.05, 4.69) is 99.8 Å². The quantitative estimate of drug-likeness (QED) is 0.0262. The maximum absolute atomic E-state index is 12.8. The van der Waals surface area contributed by atoms with Gasteiger partial charge in [-0.2, -0.15) is 0 Å². The second kappa shape index (κ2) is 53.2. The van der Waals surface area contributed by atoms with Gasteiger partial charge in [-0.1, -0.05) is 215 Å². The zero-order valence-electron chi connectivity index (χ0n) is 42.5. The summed E-state index contributed by atoms with van der Waals surface area (Å²) in [5, 5.41) is 0. The molecule has 0 aromatic heterocycles. The van der Waals surface area contributed by atoms with Crippen molar-refractivity contribution in [2.75, 3.05) is 13.2 Å². The Morgan fingerprint density at radius 3 is 1.05 bits per heavy atom. The van der Waals surface area contributed by atoms with Crippen LogP contribution in [0.25, 0.3) is 0 Å². The summed E-state index contributed by atoms with van der Waals surface area (Å²) in [5.74, 6) is -1.01. The summed E-state index contributed by atoms with van der Waals surface area (Å²) in [7, 11) is 0. The Morgan fingerprint density at radius 1 is 0.308 bits per heavy atom. The topological polar surface area (TPSA) is 78.9 Å². The van der Waals surface area contributed by atoms with Gasteiger partial charge in [-0.15, -0.1) is 0 Å². The van der Waals surface area contributed by atoms with E-state index in [0.717, 1.165) is 77.0 Å². The van der Waals surface area contributed by atoms with Crippen molar-refractivity contribution in [3.05, 3.63) is 85.1 Å². The number of carbonyl (C=O) groups excluding carboxylic acids is 3. The van der Waals surface area contributed by atoms with E-state index in [1.54, 1.807) is 0 Å². The third-order valence-electron chi connectivity index (χ3n) is 11.4. The van der Waals surface area contributed by atoms with Crippen molar-refractivity contribution >= 4 is 17.9 Å². The Kier molecular flexibility index (Phi) is 50.4. The van der Waals surface area contributed by atoms with Gasteiger partial charge in [-0.25, -0.2) is 0 Å². The Balaban J connectivity index is 4.46. The van der Waals surface area contributed by atoms with E-state index in [-0.39, 0.29) is 37.5 Å². The summed E-state index contributed by atoms with van der Waals surface area (Å²) >= 11 is 0. The summed E-state index contributed by atoms with van der Waals surface area (Å²) in [6, 6.07) is 0. The lowest BCUT2D eigenvalue weighted by molar-refractivity contribution is -0.166. The molecular formula is C59H100O6. The summed E-state index contributed by atoms with van der Waals surface area (Å²) in [4.78, 5) is 38.0.